The van der Waals surface area contributed by atoms with Crippen LogP contribution in [0.2, 0.25) is 0 Å². The number of rotatable bonds is 3. The fourth-order valence-electron chi connectivity index (χ4n) is 3.48. The normalized spacial score (nSPS) is 22.1. The molecule has 0 saturated heterocycles. The van der Waals surface area contributed by atoms with Gasteiger partial charge in [0.2, 0.25) is 0 Å². The number of ether oxygens (including phenoxy) is 1. The molecule has 7 nitrogen and oxygen atoms in total. The lowest BCUT2D eigenvalue weighted by Crippen LogP contribution is -2.28. The predicted octanol–water partition coefficient (Wildman–Crippen LogP) is 2.25. The Morgan fingerprint density at radius 1 is 1.35 bits per heavy atom. The summed E-state index contributed by atoms with van der Waals surface area (Å²) in [5.41, 5.74) is 3.67. The molecule has 0 N–H and O–H groups in total. The van der Waals surface area contributed by atoms with Crippen molar-refractivity contribution in [1.82, 2.24) is 19.7 Å². The lowest BCUT2D eigenvalue weighted by Gasteiger charge is -2.21. The predicted molar refractivity (Wildman–Crippen MR) is 97.2 cm³/mol. The van der Waals surface area contributed by atoms with E-state index in [1.807, 2.05) is 18.3 Å². The maximum atomic E-state index is 12.7. The number of allylic oxidation sites excluding steroid dienone is 2. The zero-order valence-corrected chi connectivity index (χ0v) is 14.6. The van der Waals surface area contributed by atoms with Crippen molar-refractivity contribution in [3.63, 3.8) is 0 Å². The molecule has 130 valence electrons. The van der Waals surface area contributed by atoms with E-state index in [0.717, 1.165) is 46.1 Å². The third-order valence-corrected chi connectivity index (χ3v) is 5.90. The van der Waals surface area contributed by atoms with E-state index in [1.165, 1.54) is 18.1 Å². The molecule has 26 heavy (non-hydrogen) atoms. The highest BCUT2D eigenvalue weighted by atomic mass is 32.2. The van der Waals surface area contributed by atoms with Crippen molar-refractivity contribution < 1.29 is 9.53 Å². The fourth-order valence-corrected chi connectivity index (χ4v) is 4.75. The van der Waals surface area contributed by atoms with Crippen LogP contribution in [-0.4, -0.2) is 43.2 Å². The Bertz CT molecular complexity index is 963. The van der Waals surface area contributed by atoms with Crippen LogP contribution < -0.4 is 0 Å². The summed E-state index contributed by atoms with van der Waals surface area (Å²) in [6.07, 6.45) is 8.56. The first-order chi connectivity index (χ1) is 12.8. The number of hydrogen-bond acceptors (Lipinski definition) is 6. The molecule has 1 amide bonds. The molecule has 1 unspecified atom stereocenters. The van der Waals surface area contributed by atoms with Crippen LogP contribution in [0.4, 0.5) is 0 Å². The van der Waals surface area contributed by atoms with Gasteiger partial charge in [-0.05, 0) is 30.5 Å². The molecule has 3 aliphatic heterocycles. The van der Waals surface area contributed by atoms with Gasteiger partial charge < -0.3 is 4.74 Å². The van der Waals surface area contributed by atoms with Gasteiger partial charge in [0.15, 0.2) is 0 Å². The number of amides is 1. The van der Waals surface area contributed by atoms with Gasteiger partial charge in [0, 0.05) is 24.2 Å². The number of aromatic nitrogens is 4. The summed E-state index contributed by atoms with van der Waals surface area (Å²) in [5.74, 6) is 0.648. The van der Waals surface area contributed by atoms with Crippen LogP contribution in [0.3, 0.4) is 0 Å². The maximum Gasteiger partial charge on any atom is 0.264 e. The van der Waals surface area contributed by atoms with Crippen molar-refractivity contribution in [2.75, 3.05) is 6.61 Å². The quantitative estimate of drug-likeness (QED) is 0.830. The van der Waals surface area contributed by atoms with E-state index in [0.29, 0.717) is 13.2 Å². The van der Waals surface area contributed by atoms with Gasteiger partial charge in [-0.25, -0.2) is 15.0 Å². The van der Waals surface area contributed by atoms with E-state index in [9.17, 15) is 4.79 Å². The van der Waals surface area contributed by atoms with Crippen LogP contribution in [-0.2, 0) is 16.1 Å². The van der Waals surface area contributed by atoms with Crippen molar-refractivity contribution in [3.8, 4) is 0 Å². The van der Waals surface area contributed by atoms with Crippen molar-refractivity contribution in [2.24, 2.45) is 4.99 Å². The van der Waals surface area contributed by atoms with E-state index in [2.05, 4.69) is 20.1 Å². The summed E-state index contributed by atoms with van der Waals surface area (Å²) >= 11 is 1.48. The third kappa shape index (κ3) is 2.48. The van der Waals surface area contributed by atoms with E-state index < -0.39 is 0 Å². The first kappa shape index (κ1) is 15.5. The van der Waals surface area contributed by atoms with Gasteiger partial charge >= 0.3 is 0 Å². The van der Waals surface area contributed by atoms with Gasteiger partial charge in [-0.2, -0.15) is 5.10 Å². The number of aliphatic imine (C=N–C) groups is 1. The van der Waals surface area contributed by atoms with Gasteiger partial charge in [-0.3, -0.25) is 9.48 Å². The van der Waals surface area contributed by atoms with Crippen molar-refractivity contribution in [3.05, 3.63) is 59.6 Å². The van der Waals surface area contributed by atoms with Gasteiger partial charge in [-0.15, -0.1) is 11.8 Å². The Hall–Kier alpha value is -2.74. The second kappa shape index (κ2) is 6.21. The summed E-state index contributed by atoms with van der Waals surface area (Å²) in [5, 5.41) is 3.91. The summed E-state index contributed by atoms with van der Waals surface area (Å²) in [7, 11) is 0. The smallest absolute Gasteiger partial charge is 0.264 e. The number of carbonyl (C=O) groups excluding carboxylic acids is 1. The minimum Gasteiger partial charge on any atom is -0.492 e. The summed E-state index contributed by atoms with van der Waals surface area (Å²) in [6, 6.07) is 3.71. The average molecular weight is 365 g/mol. The van der Waals surface area contributed by atoms with Gasteiger partial charge in [0.1, 0.15) is 17.3 Å². The Kier molecular flexibility index (Phi) is 3.70. The number of carbonyl (C=O) groups is 1. The van der Waals surface area contributed by atoms with Crippen molar-refractivity contribution >= 4 is 28.3 Å². The highest BCUT2D eigenvalue weighted by Gasteiger charge is 2.43. The van der Waals surface area contributed by atoms with Crippen LogP contribution in [0.5, 0.6) is 0 Å². The SMILES string of the molecule is O=C1N=C(Cn2cccn2)C2=C3C(=C(c4ccncn4)SC13)OCCC2. The Morgan fingerprint density at radius 3 is 3.12 bits per heavy atom. The summed E-state index contributed by atoms with van der Waals surface area (Å²) in [6.45, 7) is 1.11. The first-order valence-electron chi connectivity index (χ1n) is 8.44. The lowest BCUT2D eigenvalue weighted by atomic mass is 9.92. The minimum absolute atomic E-state index is 0.136. The largest absolute Gasteiger partial charge is 0.492 e. The van der Waals surface area contributed by atoms with E-state index >= 15 is 0 Å². The number of nitrogens with zero attached hydrogens (tertiary/aromatic N) is 5. The second-order valence-electron chi connectivity index (χ2n) is 6.20. The van der Waals surface area contributed by atoms with Gasteiger partial charge in [-0.1, -0.05) is 0 Å². The summed E-state index contributed by atoms with van der Waals surface area (Å²) < 4.78 is 7.87. The minimum atomic E-state index is -0.343. The molecule has 0 aromatic carbocycles. The maximum absolute atomic E-state index is 12.7. The highest BCUT2D eigenvalue weighted by Crippen LogP contribution is 2.51. The molecule has 0 spiro atoms. The van der Waals surface area contributed by atoms with Crippen LogP contribution in [0.25, 0.3) is 4.91 Å². The topological polar surface area (TPSA) is 82.3 Å². The van der Waals surface area contributed by atoms with Crippen LogP contribution >= 0.6 is 11.8 Å². The van der Waals surface area contributed by atoms with E-state index in [4.69, 9.17) is 4.74 Å². The Labute approximate surface area is 153 Å². The molecular weight excluding hydrogens is 350 g/mol. The highest BCUT2D eigenvalue weighted by molar-refractivity contribution is 8.10. The molecule has 0 fully saturated rings. The zero-order valence-electron chi connectivity index (χ0n) is 13.8. The van der Waals surface area contributed by atoms with Crippen molar-refractivity contribution in [2.45, 2.75) is 24.6 Å². The van der Waals surface area contributed by atoms with E-state index in [1.54, 1.807) is 17.1 Å². The molecule has 1 atom stereocenters. The number of dihydropyridines is 1. The van der Waals surface area contributed by atoms with Crippen LogP contribution in [0, 0.1) is 0 Å². The van der Waals surface area contributed by atoms with E-state index in [-0.39, 0.29) is 11.2 Å². The second-order valence-corrected chi connectivity index (χ2v) is 7.31. The molecule has 5 heterocycles. The molecule has 8 heteroatoms. The van der Waals surface area contributed by atoms with Crippen LogP contribution in [0.15, 0.2) is 58.9 Å². The molecule has 2 aromatic heterocycles. The molecule has 5 rings (SSSR count). The fraction of sp³-hybridized carbons (Fsp3) is 0.278. The molecule has 0 bridgehead atoms. The molecule has 0 radical (unpaired) electrons. The number of hydrogen-bond donors (Lipinski definition) is 0. The number of thioether (sulfide) groups is 1. The molecule has 3 aliphatic rings. The molecule has 2 aromatic rings. The first-order valence-corrected chi connectivity index (χ1v) is 9.32. The van der Waals surface area contributed by atoms with Crippen molar-refractivity contribution in [1.29, 1.82) is 0 Å². The monoisotopic (exact) mass is 365 g/mol. The molecule has 0 aliphatic carbocycles. The van der Waals surface area contributed by atoms with Crippen LogP contribution in [0.1, 0.15) is 18.5 Å². The zero-order chi connectivity index (χ0) is 17.5. The Balaban J connectivity index is 1.63. The standard InChI is InChI=1S/C18H15N5O2S/c24-18-17-14-11(13(22-18)9-23-7-2-5-21-23)3-1-8-25-15(14)16(26-17)12-4-6-19-10-20-12/h2,4-7,10,17H,1,3,8-9H2. The van der Waals surface area contributed by atoms with Gasteiger partial charge in [0.25, 0.3) is 5.91 Å². The van der Waals surface area contributed by atoms with Gasteiger partial charge in [0.05, 0.1) is 29.5 Å². The molecule has 0 saturated carbocycles. The Morgan fingerprint density at radius 2 is 2.31 bits per heavy atom. The molecular formula is C18H15N5O2S. The summed E-state index contributed by atoms with van der Waals surface area (Å²) in [4.78, 5) is 26.4. The lowest BCUT2D eigenvalue weighted by molar-refractivity contribution is -0.116. The third-order valence-electron chi connectivity index (χ3n) is 4.59. The average Bonchev–Trinajstić information content (AvgIpc) is 3.25.